The highest BCUT2D eigenvalue weighted by Gasteiger charge is 2.34. The molecule has 0 unspecified atom stereocenters. The molecule has 1 fully saturated rings. The molecule has 0 saturated carbocycles. The van der Waals surface area contributed by atoms with Gasteiger partial charge in [0.2, 0.25) is 0 Å². The topological polar surface area (TPSA) is 58.6 Å². The minimum absolute atomic E-state index is 0.0826. The lowest BCUT2D eigenvalue weighted by molar-refractivity contribution is -0.117. The van der Waals surface area contributed by atoms with Crippen molar-refractivity contribution in [1.29, 1.82) is 0 Å². The number of nitrogens with zero attached hydrogens (tertiary/aromatic N) is 1. The highest BCUT2D eigenvalue weighted by molar-refractivity contribution is 9.10. The number of hydrogen-bond donors (Lipinski definition) is 1. The van der Waals surface area contributed by atoms with Gasteiger partial charge >= 0.3 is 0 Å². The Morgan fingerprint density at radius 1 is 1.00 bits per heavy atom. The first kappa shape index (κ1) is 19.9. The van der Waals surface area contributed by atoms with Crippen LogP contribution in [0.2, 0.25) is 0 Å². The van der Waals surface area contributed by atoms with Crippen LogP contribution < -0.4 is 15.2 Å². The molecule has 0 aromatic heterocycles. The maximum atomic E-state index is 12.7. The van der Waals surface area contributed by atoms with Crippen molar-refractivity contribution in [3.8, 4) is 5.75 Å². The Morgan fingerprint density at radius 2 is 1.80 bits per heavy atom. The molecule has 0 aliphatic carbocycles. The van der Waals surface area contributed by atoms with Gasteiger partial charge in [-0.3, -0.25) is 15.0 Å². The summed E-state index contributed by atoms with van der Waals surface area (Å²) in [5, 5.41) is 1.25. The maximum absolute atomic E-state index is 12.7. The zero-order valence-electron chi connectivity index (χ0n) is 16.3. The van der Waals surface area contributed by atoms with E-state index in [4.69, 9.17) is 4.74 Å². The van der Waals surface area contributed by atoms with Gasteiger partial charge in [-0.1, -0.05) is 54.1 Å². The van der Waals surface area contributed by atoms with Gasteiger partial charge in [-0.05, 0) is 64.3 Å². The highest BCUT2D eigenvalue weighted by atomic mass is 79.9. The molecule has 4 rings (SSSR count). The Balaban J connectivity index is 1.50. The van der Waals surface area contributed by atoms with E-state index in [2.05, 4.69) is 27.4 Å². The van der Waals surface area contributed by atoms with Crippen molar-refractivity contribution in [3.63, 3.8) is 0 Å². The zero-order valence-corrected chi connectivity index (χ0v) is 17.8. The molecule has 1 heterocycles. The number of hydrogen-bond acceptors (Lipinski definition) is 3. The van der Waals surface area contributed by atoms with E-state index >= 15 is 0 Å². The fraction of sp³-hybridized carbons (Fsp3) is 0.0833. The van der Waals surface area contributed by atoms with Crippen molar-refractivity contribution in [3.05, 3.63) is 99.5 Å². The average molecular weight is 463 g/mol. The molecule has 3 aromatic rings. The van der Waals surface area contributed by atoms with Gasteiger partial charge in [-0.25, -0.2) is 5.01 Å². The van der Waals surface area contributed by atoms with Crippen molar-refractivity contribution >= 4 is 39.5 Å². The first-order chi connectivity index (χ1) is 14.5. The van der Waals surface area contributed by atoms with Crippen LogP contribution in [-0.4, -0.2) is 11.8 Å². The number of amides is 2. The lowest BCUT2D eigenvalue weighted by atomic mass is 10.1. The van der Waals surface area contributed by atoms with Crippen LogP contribution in [0.1, 0.15) is 16.7 Å². The molecule has 150 valence electrons. The fourth-order valence-electron chi connectivity index (χ4n) is 3.17. The molecule has 0 spiro atoms. The fourth-order valence-corrected chi connectivity index (χ4v) is 3.68. The number of ether oxygens (including phenoxy) is 1. The van der Waals surface area contributed by atoms with Crippen LogP contribution in [0.5, 0.6) is 5.75 Å². The van der Waals surface area contributed by atoms with Gasteiger partial charge in [-0.2, -0.15) is 0 Å². The minimum atomic E-state index is -0.431. The maximum Gasteiger partial charge on any atom is 0.282 e. The summed E-state index contributed by atoms with van der Waals surface area (Å²) in [5.74, 6) is -0.131. The number of carbonyl (C=O) groups excluding carboxylic acids is 2. The third kappa shape index (κ3) is 4.28. The predicted molar refractivity (Wildman–Crippen MR) is 120 cm³/mol. The van der Waals surface area contributed by atoms with Gasteiger partial charge in [0.15, 0.2) is 0 Å². The van der Waals surface area contributed by atoms with Gasteiger partial charge in [0.25, 0.3) is 11.8 Å². The predicted octanol–water partition coefficient (Wildman–Crippen LogP) is 4.80. The SMILES string of the molecule is Cc1cccc(COc2ccc(/C=C3/C(=O)NN(c4ccccc4)C3=O)cc2Br)c1. The molecule has 30 heavy (non-hydrogen) atoms. The third-order valence-corrected chi connectivity index (χ3v) is 5.27. The first-order valence-electron chi connectivity index (χ1n) is 9.41. The molecule has 0 atom stereocenters. The van der Waals surface area contributed by atoms with Gasteiger partial charge in [-0.15, -0.1) is 0 Å². The van der Waals surface area contributed by atoms with Gasteiger partial charge < -0.3 is 4.74 Å². The van der Waals surface area contributed by atoms with Crippen molar-refractivity contribution in [2.45, 2.75) is 13.5 Å². The second kappa shape index (κ2) is 8.55. The monoisotopic (exact) mass is 462 g/mol. The Kier molecular flexibility index (Phi) is 5.68. The summed E-state index contributed by atoms with van der Waals surface area (Å²) in [6.07, 6.45) is 1.58. The van der Waals surface area contributed by atoms with Gasteiger partial charge in [0.05, 0.1) is 10.2 Å². The summed E-state index contributed by atoms with van der Waals surface area (Å²) in [5.41, 5.74) is 6.28. The number of para-hydroxylation sites is 1. The molecule has 1 aliphatic heterocycles. The van der Waals surface area contributed by atoms with E-state index in [-0.39, 0.29) is 11.5 Å². The van der Waals surface area contributed by atoms with Crippen LogP contribution in [0.25, 0.3) is 6.08 Å². The second-order valence-electron chi connectivity index (χ2n) is 6.94. The number of halogens is 1. The first-order valence-corrected chi connectivity index (χ1v) is 10.2. The summed E-state index contributed by atoms with van der Waals surface area (Å²) in [6, 6.07) is 22.6. The van der Waals surface area contributed by atoms with E-state index in [9.17, 15) is 9.59 Å². The van der Waals surface area contributed by atoms with E-state index < -0.39 is 5.91 Å². The van der Waals surface area contributed by atoms with Crippen LogP contribution >= 0.6 is 15.9 Å². The highest BCUT2D eigenvalue weighted by Crippen LogP contribution is 2.29. The summed E-state index contributed by atoms with van der Waals surface area (Å²) >= 11 is 3.51. The number of aryl methyl sites for hydroxylation is 1. The number of hydrazine groups is 1. The molecule has 0 radical (unpaired) electrons. The number of anilines is 1. The normalized spacial score (nSPS) is 14.9. The van der Waals surface area contributed by atoms with Crippen molar-refractivity contribution in [2.75, 3.05) is 5.01 Å². The minimum Gasteiger partial charge on any atom is -0.488 e. The standard InChI is InChI=1S/C24H19BrN2O3/c1-16-6-5-7-18(12-16)15-30-22-11-10-17(14-21(22)25)13-20-23(28)26-27(24(20)29)19-8-3-2-4-9-19/h2-14H,15H2,1H3,(H,26,28)/b20-13-. The van der Waals surface area contributed by atoms with E-state index in [1.54, 1.807) is 18.2 Å². The molecule has 3 aromatic carbocycles. The molecule has 1 aliphatic rings. The van der Waals surface area contributed by atoms with Gasteiger partial charge in [0.1, 0.15) is 17.9 Å². The molecular formula is C24H19BrN2O3. The Bertz CT molecular complexity index is 1140. The molecule has 6 heteroatoms. The molecule has 0 bridgehead atoms. The van der Waals surface area contributed by atoms with Crippen LogP contribution in [0.15, 0.2) is 82.8 Å². The van der Waals surface area contributed by atoms with E-state index in [1.165, 1.54) is 10.6 Å². The van der Waals surface area contributed by atoms with Gasteiger partial charge in [0, 0.05) is 0 Å². The summed E-state index contributed by atoms with van der Waals surface area (Å²) in [6.45, 7) is 2.49. The number of nitrogens with one attached hydrogen (secondary N) is 1. The van der Waals surface area contributed by atoms with Crippen LogP contribution in [0.3, 0.4) is 0 Å². The number of rotatable bonds is 5. The van der Waals surface area contributed by atoms with E-state index in [1.807, 2.05) is 61.5 Å². The van der Waals surface area contributed by atoms with E-state index in [0.29, 0.717) is 18.0 Å². The quantitative estimate of drug-likeness (QED) is 0.437. The van der Waals surface area contributed by atoms with E-state index in [0.717, 1.165) is 15.6 Å². The third-order valence-electron chi connectivity index (χ3n) is 4.65. The Morgan fingerprint density at radius 3 is 2.53 bits per heavy atom. The summed E-state index contributed by atoms with van der Waals surface area (Å²) in [7, 11) is 0. The number of carbonyl (C=O) groups is 2. The number of benzene rings is 3. The molecule has 1 N–H and O–H groups in total. The lowest BCUT2D eigenvalue weighted by Gasteiger charge is -2.13. The van der Waals surface area contributed by atoms with Crippen LogP contribution in [0, 0.1) is 6.92 Å². The zero-order chi connectivity index (χ0) is 21.1. The smallest absolute Gasteiger partial charge is 0.282 e. The molecule has 1 saturated heterocycles. The van der Waals surface area contributed by atoms with Crippen molar-refractivity contribution in [2.24, 2.45) is 0 Å². The largest absolute Gasteiger partial charge is 0.488 e. The summed E-state index contributed by atoms with van der Waals surface area (Å²) < 4.78 is 6.64. The van der Waals surface area contributed by atoms with Crippen LogP contribution in [0.4, 0.5) is 5.69 Å². The van der Waals surface area contributed by atoms with Crippen molar-refractivity contribution in [1.82, 2.24) is 5.43 Å². The van der Waals surface area contributed by atoms with Crippen LogP contribution in [-0.2, 0) is 16.2 Å². The summed E-state index contributed by atoms with van der Waals surface area (Å²) in [4.78, 5) is 25.0. The Hall–Kier alpha value is -3.38. The molecule has 5 nitrogen and oxygen atoms in total. The molecular weight excluding hydrogens is 444 g/mol. The average Bonchev–Trinajstić information content (AvgIpc) is 3.02. The molecule has 2 amide bonds. The second-order valence-corrected chi connectivity index (χ2v) is 7.80. The van der Waals surface area contributed by atoms with Crippen molar-refractivity contribution < 1.29 is 14.3 Å². The Labute approximate surface area is 183 Å². The lowest BCUT2D eigenvalue weighted by Crippen LogP contribution is -2.35.